The van der Waals surface area contributed by atoms with Gasteiger partial charge >= 0.3 is 5.97 Å². The minimum absolute atomic E-state index is 0.0209. The van der Waals surface area contributed by atoms with Crippen LogP contribution in [0.4, 0.5) is 5.95 Å². The summed E-state index contributed by atoms with van der Waals surface area (Å²) in [6.07, 6.45) is 0.0209. The molecule has 0 radical (unpaired) electrons. The average molecular weight is 259 g/mol. The Morgan fingerprint density at radius 3 is 3.05 bits per heavy atom. The summed E-state index contributed by atoms with van der Waals surface area (Å²) in [5.41, 5.74) is 1.64. The number of hydrogen-bond acceptors (Lipinski definition) is 4. The second-order valence-electron chi connectivity index (χ2n) is 4.31. The van der Waals surface area contributed by atoms with E-state index in [-0.39, 0.29) is 18.3 Å². The molecule has 0 spiro atoms. The Balaban J connectivity index is 2.00. The molecule has 2 aromatic rings. The molecule has 2 heterocycles. The van der Waals surface area contributed by atoms with Gasteiger partial charge in [0, 0.05) is 0 Å². The highest BCUT2D eigenvalue weighted by Crippen LogP contribution is 2.32. The molecule has 0 fully saturated rings. The van der Waals surface area contributed by atoms with Crippen molar-refractivity contribution in [3.8, 4) is 0 Å². The van der Waals surface area contributed by atoms with E-state index < -0.39 is 6.04 Å². The Morgan fingerprint density at radius 1 is 1.47 bits per heavy atom. The Bertz CT molecular complexity index is 662. The second-order valence-corrected chi connectivity index (χ2v) is 4.31. The third-order valence-electron chi connectivity index (χ3n) is 3.11. The molecular formula is C13H13N3O3. The predicted octanol–water partition coefficient (Wildman–Crippen LogP) is 1.48. The third kappa shape index (κ3) is 1.85. The van der Waals surface area contributed by atoms with Crippen LogP contribution in [0.25, 0.3) is 11.0 Å². The number of rotatable bonds is 3. The fourth-order valence-electron chi connectivity index (χ4n) is 2.32. The zero-order chi connectivity index (χ0) is 13.4. The lowest BCUT2D eigenvalue weighted by Gasteiger charge is -2.10. The number of amides is 1. The Labute approximate surface area is 109 Å². The van der Waals surface area contributed by atoms with E-state index in [1.54, 1.807) is 11.5 Å². The lowest BCUT2D eigenvalue weighted by atomic mass is 10.2. The highest BCUT2D eigenvalue weighted by molar-refractivity contribution is 6.01. The topological polar surface area (TPSA) is 73.2 Å². The number of carbonyl (C=O) groups is 2. The number of benzene rings is 1. The Kier molecular flexibility index (Phi) is 2.70. The number of imidazole rings is 1. The predicted molar refractivity (Wildman–Crippen MR) is 68.6 cm³/mol. The number of carbonyl (C=O) groups excluding carboxylic acids is 2. The van der Waals surface area contributed by atoms with Crippen molar-refractivity contribution in [2.45, 2.75) is 19.4 Å². The van der Waals surface area contributed by atoms with Gasteiger partial charge in [0.2, 0.25) is 11.9 Å². The number of anilines is 1. The van der Waals surface area contributed by atoms with Crippen LogP contribution in [0, 0.1) is 0 Å². The van der Waals surface area contributed by atoms with E-state index in [1.807, 2.05) is 24.3 Å². The molecule has 0 saturated carbocycles. The van der Waals surface area contributed by atoms with Gasteiger partial charge in [0.05, 0.1) is 24.1 Å². The molecular weight excluding hydrogens is 246 g/mol. The summed E-state index contributed by atoms with van der Waals surface area (Å²) in [7, 11) is 0. The number of ether oxygens (including phenoxy) is 1. The molecule has 1 amide bonds. The minimum Gasteiger partial charge on any atom is -0.466 e. The van der Waals surface area contributed by atoms with Gasteiger partial charge in [-0.05, 0) is 19.1 Å². The number of nitrogens with one attached hydrogen (secondary N) is 1. The van der Waals surface area contributed by atoms with Crippen LogP contribution in [-0.2, 0) is 14.3 Å². The van der Waals surface area contributed by atoms with Gasteiger partial charge in [-0.1, -0.05) is 12.1 Å². The van der Waals surface area contributed by atoms with Crippen molar-refractivity contribution in [3.05, 3.63) is 24.3 Å². The smallest absolute Gasteiger partial charge is 0.308 e. The lowest BCUT2D eigenvalue weighted by molar-refractivity contribution is -0.145. The maximum Gasteiger partial charge on any atom is 0.308 e. The summed E-state index contributed by atoms with van der Waals surface area (Å²) < 4.78 is 6.66. The van der Waals surface area contributed by atoms with Gasteiger partial charge < -0.3 is 4.74 Å². The number of para-hydroxylation sites is 2. The van der Waals surface area contributed by atoms with Gasteiger partial charge in [-0.25, -0.2) is 4.98 Å². The molecule has 1 atom stereocenters. The fourth-order valence-corrected chi connectivity index (χ4v) is 2.32. The largest absolute Gasteiger partial charge is 0.466 e. The van der Waals surface area contributed by atoms with Crippen molar-refractivity contribution in [2.24, 2.45) is 0 Å². The van der Waals surface area contributed by atoms with Crippen LogP contribution in [-0.4, -0.2) is 28.0 Å². The summed E-state index contributed by atoms with van der Waals surface area (Å²) >= 11 is 0. The van der Waals surface area contributed by atoms with Crippen molar-refractivity contribution < 1.29 is 14.3 Å². The van der Waals surface area contributed by atoms with Crippen molar-refractivity contribution in [1.29, 1.82) is 0 Å². The van der Waals surface area contributed by atoms with Crippen LogP contribution in [0.2, 0.25) is 0 Å². The highest BCUT2D eigenvalue weighted by Gasteiger charge is 2.34. The quantitative estimate of drug-likeness (QED) is 0.847. The zero-order valence-electron chi connectivity index (χ0n) is 10.4. The summed E-state index contributed by atoms with van der Waals surface area (Å²) in [4.78, 5) is 27.8. The number of esters is 1. The van der Waals surface area contributed by atoms with E-state index >= 15 is 0 Å². The van der Waals surface area contributed by atoms with E-state index in [0.717, 1.165) is 11.0 Å². The molecule has 1 aromatic carbocycles. The van der Waals surface area contributed by atoms with Crippen LogP contribution in [0.15, 0.2) is 24.3 Å². The summed E-state index contributed by atoms with van der Waals surface area (Å²) in [5.74, 6) is -0.116. The van der Waals surface area contributed by atoms with Crippen LogP contribution in [0.1, 0.15) is 19.4 Å². The molecule has 6 nitrogen and oxygen atoms in total. The van der Waals surface area contributed by atoms with Gasteiger partial charge in [-0.2, -0.15) is 0 Å². The average Bonchev–Trinajstić information content (AvgIpc) is 2.87. The van der Waals surface area contributed by atoms with E-state index in [4.69, 9.17) is 4.74 Å². The van der Waals surface area contributed by atoms with Crippen molar-refractivity contribution in [1.82, 2.24) is 9.55 Å². The van der Waals surface area contributed by atoms with E-state index in [0.29, 0.717) is 12.6 Å². The van der Waals surface area contributed by atoms with Crippen LogP contribution in [0.5, 0.6) is 0 Å². The molecule has 1 N–H and O–H groups in total. The van der Waals surface area contributed by atoms with Gasteiger partial charge in [0.1, 0.15) is 6.04 Å². The van der Waals surface area contributed by atoms with Gasteiger partial charge in [0.15, 0.2) is 0 Å². The zero-order valence-corrected chi connectivity index (χ0v) is 10.4. The first-order valence-electron chi connectivity index (χ1n) is 6.14. The van der Waals surface area contributed by atoms with Crippen molar-refractivity contribution in [3.63, 3.8) is 0 Å². The maximum absolute atomic E-state index is 11.9. The maximum atomic E-state index is 11.9. The number of nitrogens with zero attached hydrogens (tertiary/aromatic N) is 2. The highest BCUT2D eigenvalue weighted by atomic mass is 16.5. The first kappa shape index (κ1) is 11.7. The first-order chi connectivity index (χ1) is 9.20. The Morgan fingerprint density at radius 2 is 2.26 bits per heavy atom. The normalized spacial score (nSPS) is 17.3. The van der Waals surface area contributed by atoms with Gasteiger partial charge in [0.25, 0.3) is 0 Å². The minimum atomic E-state index is -0.582. The van der Waals surface area contributed by atoms with Gasteiger partial charge in [-0.3, -0.25) is 19.5 Å². The summed E-state index contributed by atoms with van der Waals surface area (Å²) in [6, 6.07) is 6.93. The standard InChI is InChI=1S/C13H13N3O3/c1-2-19-11(17)7-10-12(18)15-13-14-8-5-3-4-6-9(8)16(10)13/h3-6,10H,2,7H2,1H3,(H,14,15,18)/t10-/m1/s1. The molecule has 3 rings (SSSR count). The van der Waals surface area contributed by atoms with Crippen LogP contribution < -0.4 is 5.32 Å². The van der Waals surface area contributed by atoms with E-state index in [2.05, 4.69) is 10.3 Å². The van der Waals surface area contributed by atoms with E-state index in [1.165, 1.54) is 0 Å². The van der Waals surface area contributed by atoms with Gasteiger partial charge in [-0.15, -0.1) is 0 Å². The molecule has 0 unspecified atom stereocenters. The van der Waals surface area contributed by atoms with E-state index in [9.17, 15) is 9.59 Å². The fraction of sp³-hybridized carbons (Fsp3) is 0.308. The second kappa shape index (κ2) is 4.38. The molecule has 1 aromatic heterocycles. The first-order valence-corrected chi connectivity index (χ1v) is 6.14. The monoisotopic (exact) mass is 259 g/mol. The molecule has 0 bridgehead atoms. The SMILES string of the molecule is CCOC(=O)C[C@@H]1C(=O)Nc2nc3ccccc3n21. The number of fused-ring (bicyclic) bond motifs is 3. The molecule has 1 aliphatic rings. The summed E-state index contributed by atoms with van der Waals surface area (Å²) in [5, 5.41) is 2.69. The van der Waals surface area contributed by atoms with Crippen molar-refractivity contribution >= 4 is 28.9 Å². The molecule has 1 aliphatic heterocycles. The molecule has 98 valence electrons. The molecule has 0 saturated heterocycles. The molecule has 0 aliphatic carbocycles. The van der Waals surface area contributed by atoms with Crippen LogP contribution in [0.3, 0.4) is 0 Å². The Hall–Kier alpha value is -2.37. The number of aromatic nitrogens is 2. The number of hydrogen-bond donors (Lipinski definition) is 1. The summed E-state index contributed by atoms with van der Waals surface area (Å²) in [6.45, 7) is 2.05. The third-order valence-corrected chi connectivity index (χ3v) is 3.11. The molecule has 6 heteroatoms. The lowest BCUT2D eigenvalue weighted by Crippen LogP contribution is -2.20. The molecule has 19 heavy (non-hydrogen) atoms. The van der Waals surface area contributed by atoms with Crippen LogP contribution >= 0.6 is 0 Å². The van der Waals surface area contributed by atoms with Crippen molar-refractivity contribution in [2.75, 3.05) is 11.9 Å².